The van der Waals surface area contributed by atoms with E-state index in [2.05, 4.69) is 5.32 Å². The van der Waals surface area contributed by atoms with Crippen LogP contribution in [0.2, 0.25) is 0 Å². The third-order valence-corrected chi connectivity index (χ3v) is 3.50. The Morgan fingerprint density at radius 3 is 2.33 bits per heavy atom. The molecule has 0 heterocycles. The minimum atomic E-state index is -0.111. The van der Waals surface area contributed by atoms with Crippen LogP contribution >= 0.6 is 12.2 Å². The second-order valence-corrected chi connectivity index (χ2v) is 5.62. The molecule has 1 amide bonds. The summed E-state index contributed by atoms with van der Waals surface area (Å²) in [5.41, 5.74) is 10.2. The molecule has 0 bridgehead atoms. The topological polar surface area (TPSA) is 55.1 Å². The van der Waals surface area contributed by atoms with Crippen LogP contribution in [-0.2, 0) is 6.42 Å². The maximum Gasteiger partial charge on any atom is 0.255 e. The average molecular weight is 298 g/mol. The van der Waals surface area contributed by atoms with Gasteiger partial charge in [-0.15, -0.1) is 0 Å². The van der Waals surface area contributed by atoms with Gasteiger partial charge in [0.1, 0.15) is 0 Å². The maximum atomic E-state index is 12.2. The van der Waals surface area contributed by atoms with Crippen LogP contribution in [0.4, 0.5) is 5.69 Å². The molecular weight excluding hydrogens is 280 g/mol. The molecule has 0 saturated carbocycles. The van der Waals surface area contributed by atoms with E-state index in [4.69, 9.17) is 18.0 Å². The number of carbonyl (C=O) groups excluding carboxylic acids is 1. The Hall–Kier alpha value is -2.20. The van der Waals surface area contributed by atoms with Crippen LogP contribution < -0.4 is 11.1 Å². The molecule has 0 aliphatic carbocycles. The van der Waals surface area contributed by atoms with Crippen LogP contribution in [0.1, 0.15) is 27.0 Å². The van der Waals surface area contributed by atoms with E-state index in [0.717, 1.165) is 16.8 Å². The van der Waals surface area contributed by atoms with Gasteiger partial charge in [-0.2, -0.15) is 0 Å². The number of benzene rings is 2. The third kappa shape index (κ3) is 4.13. The quantitative estimate of drug-likeness (QED) is 0.851. The number of nitrogens with one attached hydrogen (secondary N) is 1. The summed E-state index contributed by atoms with van der Waals surface area (Å²) in [5, 5.41) is 2.88. The number of hydrogen-bond acceptors (Lipinski definition) is 2. The van der Waals surface area contributed by atoms with Gasteiger partial charge in [-0.3, -0.25) is 4.79 Å². The summed E-state index contributed by atoms with van der Waals surface area (Å²) in [4.78, 5) is 12.6. The number of carbonyl (C=O) groups is 1. The zero-order valence-electron chi connectivity index (χ0n) is 12.1. The first-order chi connectivity index (χ1) is 9.95. The molecule has 3 N–H and O–H groups in total. The second kappa shape index (κ2) is 6.50. The molecule has 0 atom stereocenters. The lowest BCUT2D eigenvalue weighted by molar-refractivity contribution is 0.102. The highest BCUT2D eigenvalue weighted by molar-refractivity contribution is 7.80. The van der Waals surface area contributed by atoms with Gasteiger partial charge in [0.05, 0.1) is 4.99 Å². The van der Waals surface area contributed by atoms with Gasteiger partial charge >= 0.3 is 0 Å². The fourth-order valence-electron chi connectivity index (χ4n) is 1.99. The summed E-state index contributed by atoms with van der Waals surface area (Å²) >= 11 is 4.87. The molecule has 3 nitrogen and oxygen atoms in total. The fraction of sp³-hybridized carbons (Fsp3) is 0.176. The largest absolute Gasteiger partial charge is 0.393 e. The number of aryl methyl sites for hydroxylation is 2. The van der Waals surface area contributed by atoms with E-state index in [0.29, 0.717) is 17.0 Å². The van der Waals surface area contributed by atoms with Crippen LogP contribution in [0.3, 0.4) is 0 Å². The minimum Gasteiger partial charge on any atom is -0.393 e. The van der Waals surface area contributed by atoms with Crippen molar-refractivity contribution in [2.75, 3.05) is 5.32 Å². The van der Waals surface area contributed by atoms with Gasteiger partial charge < -0.3 is 11.1 Å². The average Bonchev–Trinajstić information content (AvgIpc) is 2.43. The lowest BCUT2D eigenvalue weighted by atomic mass is 10.1. The van der Waals surface area contributed by atoms with Gasteiger partial charge in [0.2, 0.25) is 0 Å². The minimum absolute atomic E-state index is 0.111. The monoisotopic (exact) mass is 298 g/mol. The number of rotatable bonds is 4. The van der Waals surface area contributed by atoms with Gasteiger partial charge in [0.25, 0.3) is 5.91 Å². The summed E-state index contributed by atoms with van der Waals surface area (Å²) in [7, 11) is 0. The van der Waals surface area contributed by atoms with E-state index in [-0.39, 0.29) is 5.91 Å². The van der Waals surface area contributed by atoms with Crippen LogP contribution in [0, 0.1) is 13.8 Å². The van der Waals surface area contributed by atoms with E-state index in [1.54, 1.807) is 0 Å². The number of nitrogens with two attached hydrogens (primary N) is 1. The van der Waals surface area contributed by atoms with Crippen molar-refractivity contribution in [3.05, 3.63) is 64.7 Å². The predicted octanol–water partition coefficient (Wildman–Crippen LogP) is 3.38. The van der Waals surface area contributed by atoms with Crippen molar-refractivity contribution in [3.63, 3.8) is 0 Å². The molecule has 0 aromatic heterocycles. The Labute approximate surface area is 130 Å². The maximum absolute atomic E-state index is 12.2. The van der Waals surface area contributed by atoms with Crippen molar-refractivity contribution in [3.8, 4) is 0 Å². The zero-order valence-corrected chi connectivity index (χ0v) is 13.0. The molecule has 0 fully saturated rings. The van der Waals surface area contributed by atoms with Crippen LogP contribution in [-0.4, -0.2) is 10.9 Å². The molecule has 0 radical (unpaired) electrons. The van der Waals surface area contributed by atoms with Crippen LogP contribution in [0.25, 0.3) is 0 Å². The molecule has 2 aromatic carbocycles. The third-order valence-electron chi connectivity index (χ3n) is 3.36. The Bertz CT molecular complexity index is 678. The summed E-state index contributed by atoms with van der Waals surface area (Å²) < 4.78 is 0. The van der Waals surface area contributed by atoms with Crippen molar-refractivity contribution in [2.45, 2.75) is 20.3 Å². The molecule has 0 unspecified atom stereocenters. The highest BCUT2D eigenvalue weighted by Crippen LogP contribution is 2.14. The van der Waals surface area contributed by atoms with Crippen molar-refractivity contribution in [1.82, 2.24) is 0 Å². The first-order valence-corrected chi connectivity index (χ1v) is 7.12. The van der Waals surface area contributed by atoms with Gasteiger partial charge in [0, 0.05) is 17.7 Å². The normalized spacial score (nSPS) is 10.2. The summed E-state index contributed by atoms with van der Waals surface area (Å²) in [6.45, 7) is 4.02. The first-order valence-electron chi connectivity index (χ1n) is 6.71. The molecule has 2 aromatic rings. The number of anilines is 1. The molecule has 0 spiro atoms. The van der Waals surface area contributed by atoms with E-state index < -0.39 is 0 Å². The standard InChI is InChI=1S/C17H18N2OS/c1-11-3-6-14(9-12(11)2)17(20)19-15-7-4-13(5-8-15)10-16(18)21/h3-9H,10H2,1-2H3,(H2,18,21)(H,19,20). The highest BCUT2D eigenvalue weighted by Gasteiger charge is 2.07. The Morgan fingerprint density at radius 1 is 1.10 bits per heavy atom. The first kappa shape index (κ1) is 15.2. The van der Waals surface area contributed by atoms with Crippen LogP contribution in [0.15, 0.2) is 42.5 Å². The van der Waals surface area contributed by atoms with Gasteiger partial charge in [-0.05, 0) is 54.8 Å². The molecule has 0 aliphatic heterocycles. The van der Waals surface area contributed by atoms with E-state index >= 15 is 0 Å². The Morgan fingerprint density at radius 2 is 1.76 bits per heavy atom. The van der Waals surface area contributed by atoms with Crippen molar-refractivity contribution in [2.24, 2.45) is 5.73 Å². The molecule has 108 valence electrons. The smallest absolute Gasteiger partial charge is 0.255 e. The molecule has 21 heavy (non-hydrogen) atoms. The van der Waals surface area contributed by atoms with Gasteiger partial charge in [0.15, 0.2) is 0 Å². The SMILES string of the molecule is Cc1ccc(C(=O)Nc2ccc(CC(N)=S)cc2)cc1C. The van der Waals surface area contributed by atoms with Crippen LogP contribution in [0.5, 0.6) is 0 Å². The molecule has 4 heteroatoms. The Kier molecular flexibility index (Phi) is 4.70. The molecule has 0 aliphatic rings. The van der Waals surface area contributed by atoms with E-state index in [1.165, 1.54) is 5.56 Å². The number of hydrogen-bond donors (Lipinski definition) is 2. The van der Waals surface area contributed by atoms with E-state index in [9.17, 15) is 4.79 Å². The van der Waals surface area contributed by atoms with Crippen molar-refractivity contribution >= 4 is 28.8 Å². The summed E-state index contributed by atoms with van der Waals surface area (Å²) in [5.74, 6) is -0.111. The van der Waals surface area contributed by atoms with Gasteiger partial charge in [-0.1, -0.05) is 30.4 Å². The summed E-state index contributed by atoms with van der Waals surface area (Å²) in [6, 6.07) is 13.2. The summed E-state index contributed by atoms with van der Waals surface area (Å²) in [6.07, 6.45) is 0.570. The highest BCUT2D eigenvalue weighted by atomic mass is 32.1. The van der Waals surface area contributed by atoms with E-state index in [1.807, 2.05) is 56.3 Å². The number of amides is 1. The van der Waals surface area contributed by atoms with Crippen molar-refractivity contribution < 1.29 is 4.79 Å². The Balaban J connectivity index is 2.08. The van der Waals surface area contributed by atoms with Gasteiger partial charge in [-0.25, -0.2) is 0 Å². The lowest BCUT2D eigenvalue weighted by Gasteiger charge is -2.08. The predicted molar refractivity (Wildman–Crippen MR) is 90.8 cm³/mol. The molecule has 0 saturated heterocycles. The second-order valence-electron chi connectivity index (χ2n) is 5.09. The fourth-order valence-corrected chi connectivity index (χ4v) is 2.16. The zero-order chi connectivity index (χ0) is 15.4. The van der Waals surface area contributed by atoms with Crippen molar-refractivity contribution in [1.29, 1.82) is 0 Å². The lowest BCUT2D eigenvalue weighted by Crippen LogP contribution is -2.13. The number of thiocarbonyl (C=S) groups is 1. The molecule has 2 rings (SSSR count). The molecular formula is C17H18N2OS.